The van der Waals surface area contributed by atoms with Crippen LogP contribution in [-0.2, 0) is 0 Å². The molecular formula is C116H74N8. The standard InChI is InChI=1S/C116H74N8/c1-7-27-76(28-8-1)102-70-89(71-103(117-102)77-29-9-2-10-30-77)75-49-56-92(57-50-75)122-108-47-23-20-44-95(108)98-66-85(53-59-111(98)122)87-54-61-113-101(69-87)100-68-83(51-60-112(100)123(113)93-42-26-38-82(64-93)90-72-104(78-31-11-3-12-32-78)118-105(73-90)79-33-13-4-14-34-79)81-37-25-39-88(63-81)116-119-106(80-35-15-5-16-36-80)74-115(120-116)124-109-48-24-21-45-96(109)99-67-86(55-62-114(99)124)84-52-58-110-97(65-84)94-43-19-22-46-107(94)121(110)91-40-17-6-18-41-91/h1-74H. The summed E-state index contributed by atoms with van der Waals surface area (Å²) in [5.74, 6) is 1.41. The lowest BCUT2D eigenvalue weighted by Gasteiger charge is -2.13. The Morgan fingerprint density at radius 3 is 0.806 bits per heavy atom. The maximum atomic E-state index is 5.64. The van der Waals surface area contributed by atoms with Gasteiger partial charge in [-0.05, 0) is 201 Å². The normalized spacial score (nSPS) is 11.7. The summed E-state index contributed by atoms with van der Waals surface area (Å²) in [6.07, 6.45) is 0. The molecule has 0 radical (unpaired) electrons. The Bertz CT molecular complexity index is 8200. The fraction of sp³-hybridized carbons (Fsp3) is 0. The van der Waals surface area contributed by atoms with Gasteiger partial charge in [0.05, 0.1) is 72.6 Å². The van der Waals surface area contributed by atoms with Crippen LogP contribution < -0.4 is 0 Å². The zero-order chi connectivity index (χ0) is 81.7. The van der Waals surface area contributed by atoms with E-state index in [4.69, 9.17) is 19.9 Å². The lowest BCUT2D eigenvalue weighted by Crippen LogP contribution is -2.02. The number of aromatic nitrogens is 8. The van der Waals surface area contributed by atoms with Gasteiger partial charge in [-0.2, -0.15) is 0 Å². The molecule has 0 amide bonds. The molecule has 0 bridgehead atoms. The van der Waals surface area contributed by atoms with E-state index in [2.05, 4.69) is 467 Å². The maximum Gasteiger partial charge on any atom is 0.162 e. The monoisotopic (exact) mass is 1580 g/mol. The van der Waals surface area contributed by atoms with Gasteiger partial charge in [0.15, 0.2) is 5.82 Å². The van der Waals surface area contributed by atoms with Crippen molar-refractivity contribution in [1.29, 1.82) is 0 Å². The van der Waals surface area contributed by atoms with Crippen LogP contribution in [0.25, 0.3) is 233 Å². The van der Waals surface area contributed by atoms with Crippen LogP contribution in [0.15, 0.2) is 449 Å². The molecule has 24 aromatic rings. The molecule has 124 heavy (non-hydrogen) atoms. The molecule has 8 heteroatoms. The second-order valence-electron chi connectivity index (χ2n) is 32.1. The highest BCUT2D eigenvalue weighted by atomic mass is 15.1. The summed E-state index contributed by atoms with van der Waals surface area (Å²) in [6, 6.07) is 162. The SMILES string of the molecule is c1ccc(-c2cc(-c3ccc(-n4c5ccccc5c5cc(-c6ccc7c(c6)c6cc(-c8cccc(-c9nc(-c%10ccccc%10)cc(-n%10c%11ccccc%11c%11cc(-c%12ccc%13c(c%12)c%12ccccc%12n%13-c%12ccccc%12)ccc%11%10)n9)c8)ccc6n7-c6cccc(-c7cc(-c8ccccc8)nc(-c8ccccc8)c7)c6)ccc54)cc3)cc(-c3ccccc3)n2)cc1. The summed E-state index contributed by atoms with van der Waals surface area (Å²) in [4.78, 5) is 21.6. The summed E-state index contributed by atoms with van der Waals surface area (Å²) in [6.45, 7) is 0. The molecule has 0 saturated carbocycles. The van der Waals surface area contributed by atoms with Crippen molar-refractivity contribution in [1.82, 2.24) is 38.2 Å². The number of hydrogen-bond acceptors (Lipinski definition) is 4. The highest BCUT2D eigenvalue weighted by Gasteiger charge is 2.24. The first-order valence-corrected chi connectivity index (χ1v) is 42.2. The molecule has 0 unspecified atom stereocenters. The Kier molecular flexibility index (Phi) is 17.1. The third-order valence-electron chi connectivity index (χ3n) is 24.8. The van der Waals surface area contributed by atoms with Crippen molar-refractivity contribution >= 4 is 87.2 Å². The Morgan fingerprint density at radius 1 is 0.129 bits per heavy atom. The quantitative estimate of drug-likeness (QED) is 0.103. The minimum absolute atomic E-state index is 0.626. The van der Waals surface area contributed by atoms with Gasteiger partial charge in [0.25, 0.3) is 0 Å². The summed E-state index contributed by atoms with van der Waals surface area (Å²) in [5, 5.41) is 9.36. The predicted octanol–water partition coefficient (Wildman–Crippen LogP) is 30.0. The van der Waals surface area contributed by atoms with Gasteiger partial charge in [0.2, 0.25) is 0 Å². The largest absolute Gasteiger partial charge is 0.309 e. The second kappa shape index (κ2) is 29.7. The average molecular weight is 1580 g/mol. The van der Waals surface area contributed by atoms with Crippen LogP contribution in [-0.4, -0.2) is 38.2 Å². The van der Waals surface area contributed by atoms with Crippen LogP contribution in [0.5, 0.6) is 0 Å². The van der Waals surface area contributed by atoms with Crippen LogP contribution in [0, 0.1) is 0 Å². The topological polar surface area (TPSA) is 71.3 Å². The molecule has 0 N–H and O–H groups in total. The number of benzene rings is 17. The maximum absolute atomic E-state index is 5.64. The van der Waals surface area contributed by atoms with Gasteiger partial charge in [0, 0.05) is 99.6 Å². The Hall–Kier alpha value is -16.7. The molecule has 7 heterocycles. The molecule has 0 atom stereocenters. The molecule has 0 aliphatic carbocycles. The van der Waals surface area contributed by atoms with E-state index in [1.165, 1.54) is 32.6 Å². The zero-order valence-electron chi connectivity index (χ0n) is 67.3. The van der Waals surface area contributed by atoms with Gasteiger partial charge in [-0.25, -0.2) is 19.9 Å². The summed E-state index contributed by atoms with van der Waals surface area (Å²) >= 11 is 0. The van der Waals surface area contributed by atoms with Gasteiger partial charge in [-0.3, -0.25) is 4.57 Å². The lowest BCUT2D eigenvalue weighted by molar-refractivity contribution is 1.05. The predicted molar refractivity (Wildman–Crippen MR) is 515 cm³/mol. The Balaban J connectivity index is 0.629. The van der Waals surface area contributed by atoms with Crippen LogP contribution in [0.3, 0.4) is 0 Å². The average Bonchev–Trinajstić information content (AvgIpc) is 1.58. The molecule has 7 aromatic heterocycles. The second-order valence-corrected chi connectivity index (χ2v) is 32.1. The molecule has 24 rings (SSSR count). The number of nitrogens with zero attached hydrogens (tertiary/aromatic N) is 8. The van der Waals surface area contributed by atoms with Crippen molar-refractivity contribution in [3.05, 3.63) is 449 Å². The molecular weight excluding hydrogens is 1510 g/mol. The van der Waals surface area contributed by atoms with Crippen molar-refractivity contribution in [2.24, 2.45) is 0 Å². The molecule has 8 nitrogen and oxygen atoms in total. The van der Waals surface area contributed by atoms with Gasteiger partial charge < -0.3 is 13.7 Å². The van der Waals surface area contributed by atoms with Crippen molar-refractivity contribution in [3.8, 4) is 146 Å². The van der Waals surface area contributed by atoms with Crippen LogP contribution in [0.1, 0.15) is 0 Å². The van der Waals surface area contributed by atoms with Crippen LogP contribution >= 0.6 is 0 Å². The van der Waals surface area contributed by atoms with E-state index in [0.717, 1.165) is 195 Å². The fourth-order valence-corrected chi connectivity index (χ4v) is 18.8. The van der Waals surface area contributed by atoms with E-state index in [1.807, 2.05) is 0 Å². The zero-order valence-corrected chi connectivity index (χ0v) is 67.3. The van der Waals surface area contributed by atoms with E-state index < -0.39 is 0 Å². The van der Waals surface area contributed by atoms with Crippen molar-refractivity contribution in [3.63, 3.8) is 0 Å². The molecule has 0 saturated heterocycles. The molecule has 0 aliphatic heterocycles. The van der Waals surface area contributed by atoms with Gasteiger partial charge in [0.1, 0.15) is 5.82 Å². The highest BCUT2D eigenvalue weighted by molar-refractivity contribution is 6.16. The Morgan fingerprint density at radius 2 is 0.395 bits per heavy atom. The summed E-state index contributed by atoms with van der Waals surface area (Å²) in [7, 11) is 0. The van der Waals surface area contributed by atoms with Gasteiger partial charge >= 0.3 is 0 Å². The van der Waals surface area contributed by atoms with Gasteiger partial charge in [-0.1, -0.05) is 297 Å². The molecule has 0 spiro atoms. The molecule has 578 valence electrons. The molecule has 0 fully saturated rings. The first-order valence-electron chi connectivity index (χ1n) is 42.2. The van der Waals surface area contributed by atoms with E-state index in [-0.39, 0.29) is 0 Å². The number of hydrogen-bond donors (Lipinski definition) is 0. The number of para-hydroxylation sites is 4. The number of rotatable bonds is 15. The molecule has 0 aliphatic rings. The Labute approximate surface area is 715 Å². The van der Waals surface area contributed by atoms with Crippen molar-refractivity contribution < 1.29 is 0 Å². The highest BCUT2D eigenvalue weighted by Crippen LogP contribution is 2.45. The van der Waals surface area contributed by atoms with E-state index in [1.54, 1.807) is 0 Å². The van der Waals surface area contributed by atoms with E-state index in [9.17, 15) is 0 Å². The number of pyridine rings is 2. The first-order chi connectivity index (χ1) is 61.4. The number of fused-ring (bicyclic) bond motifs is 12. The van der Waals surface area contributed by atoms with E-state index in [0.29, 0.717) is 5.82 Å². The third kappa shape index (κ3) is 12.5. The van der Waals surface area contributed by atoms with Gasteiger partial charge in [-0.15, -0.1) is 0 Å². The smallest absolute Gasteiger partial charge is 0.162 e. The van der Waals surface area contributed by atoms with Crippen molar-refractivity contribution in [2.75, 3.05) is 0 Å². The first kappa shape index (κ1) is 71.4. The summed E-state index contributed by atoms with van der Waals surface area (Å²) in [5.41, 5.74) is 34.0. The fourth-order valence-electron chi connectivity index (χ4n) is 18.8. The minimum Gasteiger partial charge on any atom is -0.309 e. The van der Waals surface area contributed by atoms with E-state index >= 15 is 0 Å². The minimum atomic E-state index is 0.626. The molecule has 17 aromatic carbocycles. The van der Waals surface area contributed by atoms with Crippen LogP contribution in [0.2, 0.25) is 0 Å². The van der Waals surface area contributed by atoms with Crippen molar-refractivity contribution in [2.45, 2.75) is 0 Å². The summed E-state index contributed by atoms with van der Waals surface area (Å²) < 4.78 is 9.56. The third-order valence-corrected chi connectivity index (χ3v) is 24.8. The lowest BCUT2D eigenvalue weighted by atomic mass is 9.98. The van der Waals surface area contributed by atoms with Crippen LogP contribution in [0.4, 0.5) is 0 Å².